The van der Waals surface area contributed by atoms with Crippen LogP contribution >= 0.6 is 0 Å². The monoisotopic (exact) mass is 459 g/mol. The average molecular weight is 460 g/mol. The Morgan fingerprint density at radius 3 is 2.24 bits per heavy atom. The van der Waals surface area contributed by atoms with Gasteiger partial charge in [-0.05, 0) is 104 Å². The zero-order chi connectivity index (χ0) is 23.1. The Morgan fingerprint density at radius 1 is 0.882 bits per heavy atom. The zero-order valence-corrected chi connectivity index (χ0v) is 20.2. The number of anilines is 1. The number of benzene rings is 2. The van der Waals surface area contributed by atoms with Gasteiger partial charge in [-0.2, -0.15) is 0 Å². The largest absolute Gasteiger partial charge is 0.490 e. The molecule has 1 saturated carbocycles. The molecule has 34 heavy (non-hydrogen) atoms. The number of primary amides is 1. The van der Waals surface area contributed by atoms with Gasteiger partial charge in [0.15, 0.2) is 0 Å². The highest BCUT2D eigenvalue weighted by Gasteiger charge is 2.40. The SMILES string of the molecule is NC(=O)c1ccc(N2CCC3(CC2)Cc2ccc(OC4CCN(C5CCC5)CC4)cc2C3)cc1. The third kappa shape index (κ3) is 4.31. The van der Waals surface area contributed by atoms with Crippen LogP contribution in [-0.2, 0) is 12.8 Å². The zero-order valence-electron chi connectivity index (χ0n) is 20.2. The van der Waals surface area contributed by atoms with Gasteiger partial charge in [-0.25, -0.2) is 0 Å². The Kier molecular flexibility index (Phi) is 5.76. The van der Waals surface area contributed by atoms with Crippen LogP contribution in [-0.4, -0.2) is 49.1 Å². The van der Waals surface area contributed by atoms with E-state index in [9.17, 15) is 4.79 Å². The second-order valence-corrected chi connectivity index (χ2v) is 11.1. The van der Waals surface area contributed by atoms with Crippen molar-refractivity contribution in [3.63, 3.8) is 0 Å². The van der Waals surface area contributed by atoms with E-state index in [1.807, 2.05) is 24.3 Å². The summed E-state index contributed by atoms with van der Waals surface area (Å²) in [7, 11) is 0. The van der Waals surface area contributed by atoms with Crippen LogP contribution < -0.4 is 15.4 Å². The predicted molar refractivity (Wildman–Crippen MR) is 136 cm³/mol. The summed E-state index contributed by atoms with van der Waals surface area (Å²) < 4.78 is 6.47. The smallest absolute Gasteiger partial charge is 0.248 e. The third-order valence-electron chi connectivity index (χ3n) is 9.02. The van der Waals surface area contributed by atoms with Crippen molar-refractivity contribution in [3.8, 4) is 5.75 Å². The molecule has 180 valence electrons. The van der Waals surface area contributed by atoms with E-state index in [-0.39, 0.29) is 5.91 Å². The number of likely N-dealkylation sites (tertiary alicyclic amines) is 1. The Bertz CT molecular complexity index is 1030. The Morgan fingerprint density at radius 2 is 1.59 bits per heavy atom. The molecule has 2 aliphatic carbocycles. The molecule has 6 rings (SSSR count). The minimum absolute atomic E-state index is 0.365. The fourth-order valence-electron chi connectivity index (χ4n) is 6.62. The van der Waals surface area contributed by atoms with Gasteiger partial charge in [0.2, 0.25) is 5.91 Å². The molecule has 4 aliphatic rings. The summed E-state index contributed by atoms with van der Waals surface area (Å²) in [4.78, 5) is 16.5. The predicted octanol–water partition coefficient (Wildman–Crippen LogP) is 4.57. The van der Waals surface area contributed by atoms with Gasteiger partial charge in [-0.15, -0.1) is 0 Å². The van der Waals surface area contributed by atoms with E-state index in [1.165, 1.54) is 74.8 Å². The number of nitrogens with zero attached hydrogens (tertiary/aromatic N) is 2. The lowest BCUT2D eigenvalue weighted by Crippen LogP contribution is -2.46. The molecule has 2 N–H and O–H groups in total. The molecule has 0 unspecified atom stereocenters. The average Bonchev–Trinajstić information content (AvgIpc) is 3.16. The van der Waals surface area contributed by atoms with Crippen LogP contribution in [0.25, 0.3) is 0 Å². The summed E-state index contributed by atoms with van der Waals surface area (Å²) >= 11 is 0. The van der Waals surface area contributed by atoms with Crippen molar-refractivity contribution in [2.24, 2.45) is 11.1 Å². The lowest BCUT2D eigenvalue weighted by Gasteiger charge is -2.41. The van der Waals surface area contributed by atoms with E-state index in [2.05, 4.69) is 28.0 Å². The fourth-order valence-corrected chi connectivity index (χ4v) is 6.62. The maximum Gasteiger partial charge on any atom is 0.248 e. The Balaban J connectivity index is 1.04. The van der Waals surface area contributed by atoms with E-state index in [0.717, 1.165) is 37.7 Å². The number of hydrogen-bond donors (Lipinski definition) is 1. The van der Waals surface area contributed by atoms with Gasteiger partial charge < -0.3 is 20.3 Å². The Hall–Kier alpha value is -2.53. The highest BCUT2D eigenvalue weighted by Crippen LogP contribution is 2.46. The molecule has 2 aromatic carbocycles. The molecule has 2 aliphatic heterocycles. The van der Waals surface area contributed by atoms with Crippen molar-refractivity contribution in [3.05, 3.63) is 59.2 Å². The van der Waals surface area contributed by atoms with Crippen LogP contribution in [0.4, 0.5) is 5.69 Å². The lowest BCUT2D eigenvalue weighted by atomic mass is 9.76. The van der Waals surface area contributed by atoms with Gasteiger partial charge >= 0.3 is 0 Å². The number of amides is 1. The topological polar surface area (TPSA) is 58.8 Å². The van der Waals surface area contributed by atoms with E-state index in [0.29, 0.717) is 17.1 Å². The van der Waals surface area contributed by atoms with Crippen molar-refractivity contribution >= 4 is 11.6 Å². The molecule has 0 bridgehead atoms. The third-order valence-corrected chi connectivity index (χ3v) is 9.02. The molecule has 0 radical (unpaired) electrons. The van der Waals surface area contributed by atoms with Gasteiger partial charge in [0.1, 0.15) is 11.9 Å². The van der Waals surface area contributed by atoms with Gasteiger partial charge in [0, 0.05) is 43.5 Å². The minimum atomic E-state index is -0.365. The number of carbonyl (C=O) groups is 1. The molecule has 2 heterocycles. The number of rotatable bonds is 5. The summed E-state index contributed by atoms with van der Waals surface area (Å²) in [6, 6.07) is 15.5. The van der Waals surface area contributed by atoms with E-state index < -0.39 is 0 Å². The quantitative estimate of drug-likeness (QED) is 0.712. The number of ether oxygens (including phenoxy) is 1. The molecule has 2 aromatic rings. The van der Waals surface area contributed by atoms with Crippen LogP contribution in [0, 0.1) is 5.41 Å². The van der Waals surface area contributed by atoms with Gasteiger partial charge in [-0.3, -0.25) is 4.79 Å². The molecular weight excluding hydrogens is 422 g/mol. The van der Waals surface area contributed by atoms with E-state index >= 15 is 0 Å². The summed E-state index contributed by atoms with van der Waals surface area (Å²) in [5.41, 5.74) is 10.6. The maximum absolute atomic E-state index is 11.4. The second-order valence-electron chi connectivity index (χ2n) is 11.1. The van der Waals surface area contributed by atoms with Gasteiger partial charge in [0.05, 0.1) is 0 Å². The molecule has 1 spiro atoms. The second kappa shape index (κ2) is 8.92. The van der Waals surface area contributed by atoms with Gasteiger partial charge in [-0.1, -0.05) is 12.5 Å². The van der Waals surface area contributed by atoms with Crippen LogP contribution in [0.1, 0.15) is 66.4 Å². The van der Waals surface area contributed by atoms with E-state index in [4.69, 9.17) is 10.5 Å². The number of nitrogens with two attached hydrogens (primary N) is 1. The van der Waals surface area contributed by atoms with Crippen LogP contribution in [0.3, 0.4) is 0 Å². The number of carbonyl (C=O) groups excluding carboxylic acids is 1. The molecular formula is C29H37N3O2. The number of piperidine rings is 2. The molecule has 0 atom stereocenters. The highest BCUT2D eigenvalue weighted by atomic mass is 16.5. The summed E-state index contributed by atoms with van der Waals surface area (Å²) in [6.07, 6.45) is 11.7. The molecule has 2 saturated heterocycles. The molecule has 0 aromatic heterocycles. The van der Waals surface area contributed by atoms with E-state index in [1.54, 1.807) is 0 Å². The number of hydrogen-bond acceptors (Lipinski definition) is 4. The highest BCUT2D eigenvalue weighted by molar-refractivity contribution is 5.93. The van der Waals surface area contributed by atoms with Crippen molar-refractivity contribution in [2.75, 3.05) is 31.1 Å². The lowest BCUT2D eigenvalue weighted by molar-refractivity contribution is 0.0493. The summed E-state index contributed by atoms with van der Waals surface area (Å²) in [5, 5.41) is 0. The summed E-state index contributed by atoms with van der Waals surface area (Å²) in [5.74, 6) is 0.709. The van der Waals surface area contributed by atoms with Crippen molar-refractivity contribution < 1.29 is 9.53 Å². The van der Waals surface area contributed by atoms with Crippen molar-refractivity contribution in [1.82, 2.24) is 4.90 Å². The minimum Gasteiger partial charge on any atom is -0.490 e. The molecule has 5 nitrogen and oxygen atoms in total. The number of fused-ring (bicyclic) bond motifs is 1. The van der Waals surface area contributed by atoms with Crippen LogP contribution in [0.15, 0.2) is 42.5 Å². The van der Waals surface area contributed by atoms with Gasteiger partial charge in [0.25, 0.3) is 0 Å². The standard InChI is InChI=1S/C29H37N3O2/c30-28(33)21-4-7-25(8-5-21)32-16-12-29(13-17-32)19-22-6-9-27(18-23(22)20-29)34-26-10-14-31(15-11-26)24-2-1-3-24/h4-9,18,24,26H,1-3,10-17,19-20H2,(H2,30,33). The molecule has 5 heteroatoms. The van der Waals surface area contributed by atoms with Crippen molar-refractivity contribution in [1.29, 1.82) is 0 Å². The molecule has 1 amide bonds. The normalized spacial score (nSPS) is 23.0. The first-order chi connectivity index (χ1) is 16.6. The van der Waals surface area contributed by atoms with Crippen LogP contribution in [0.5, 0.6) is 5.75 Å². The first-order valence-electron chi connectivity index (χ1n) is 13.2. The maximum atomic E-state index is 11.4. The fraction of sp³-hybridized carbons (Fsp3) is 0.552. The summed E-state index contributed by atoms with van der Waals surface area (Å²) in [6.45, 7) is 4.52. The first-order valence-corrected chi connectivity index (χ1v) is 13.2. The Labute approximate surface area is 203 Å². The first kappa shape index (κ1) is 22.0. The van der Waals surface area contributed by atoms with Crippen LogP contribution in [0.2, 0.25) is 0 Å². The molecule has 3 fully saturated rings. The van der Waals surface area contributed by atoms with Crippen molar-refractivity contribution in [2.45, 2.75) is 69.9 Å².